The maximum Gasteiger partial charge on any atom is 0.248 e. The highest BCUT2D eigenvalue weighted by Gasteiger charge is 2.22. The molecule has 2 rings (SSSR count). The Hall–Kier alpha value is -1.44. The lowest BCUT2D eigenvalue weighted by molar-refractivity contribution is 0.100. The number of hydrogen-bond donors (Lipinski definition) is 2. The highest BCUT2D eigenvalue weighted by atomic mass is 32.2. The molecule has 0 unspecified atom stereocenters. The van der Waals surface area contributed by atoms with Crippen molar-refractivity contribution in [2.24, 2.45) is 5.73 Å². The van der Waals surface area contributed by atoms with Crippen LogP contribution in [0.3, 0.4) is 0 Å². The molecule has 1 aromatic rings. The van der Waals surface area contributed by atoms with E-state index >= 15 is 0 Å². The zero-order chi connectivity index (χ0) is 15.5. The molecule has 1 aromatic carbocycles. The first kappa shape index (κ1) is 15.9. The standard InChI is InChI=1S/C14H21N3O3S/c1-17-8-6-13(7-9-17)16-21(19,20)10-11-2-4-12(5-3-11)14(15)18/h2-5,13,16H,6-10H2,1H3,(H2,15,18). The number of sulfonamides is 1. The Balaban J connectivity index is 1.95. The predicted molar refractivity (Wildman–Crippen MR) is 81.2 cm³/mol. The predicted octanol–water partition coefficient (Wildman–Crippen LogP) is 0.299. The molecule has 0 spiro atoms. The molecule has 0 bridgehead atoms. The topological polar surface area (TPSA) is 92.5 Å². The van der Waals surface area contributed by atoms with Gasteiger partial charge in [0.2, 0.25) is 15.9 Å². The van der Waals surface area contributed by atoms with Gasteiger partial charge >= 0.3 is 0 Å². The highest BCUT2D eigenvalue weighted by molar-refractivity contribution is 7.88. The van der Waals surface area contributed by atoms with Gasteiger partial charge in [-0.2, -0.15) is 0 Å². The average Bonchev–Trinajstić information content (AvgIpc) is 2.41. The fourth-order valence-corrected chi connectivity index (χ4v) is 3.86. The summed E-state index contributed by atoms with van der Waals surface area (Å²) >= 11 is 0. The molecule has 0 atom stereocenters. The van der Waals surface area contributed by atoms with Crippen LogP contribution < -0.4 is 10.5 Å². The molecule has 0 saturated carbocycles. The summed E-state index contributed by atoms with van der Waals surface area (Å²) in [6, 6.07) is 6.34. The summed E-state index contributed by atoms with van der Waals surface area (Å²) in [5.74, 6) is -0.605. The quantitative estimate of drug-likeness (QED) is 0.818. The van der Waals surface area contributed by atoms with E-state index in [0.29, 0.717) is 11.1 Å². The van der Waals surface area contributed by atoms with Crippen molar-refractivity contribution in [3.63, 3.8) is 0 Å². The fraction of sp³-hybridized carbons (Fsp3) is 0.500. The van der Waals surface area contributed by atoms with Gasteiger partial charge < -0.3 is 10.6 Å². The second-order valence-electron chi connectivity index (χ2n) is 5.52. The van der Waals surface area contributed by atoms with Crippen LogP contribution in [0.4, 0.5) is 0 Å². The van der Waals surface area contributed by atoms with Crippen LogP contribution in [0.5, 0.6) is 0 Å². The Kier molecular flexibility index (Phi) is 4.97. The summed E-state index contributed by atoms with van der Waals surface area (Å²) in [5.41, 5.74) is 6.17. The maximum absolute atomic E-state index is 12.2. The molecule has 116 valence electrons. The van der Waals surface area contributed by atoms with Gasteiger partial charge in [-0.05, 0) is 50.7 Å². The third-order valence-electron chi connectivity index (χ3n) is 3.66. The lowest BCUT2D eigenvalue weighted by Crippen LogP contribution is -2.43. The number of benzene rings is 1. The second-order valence-corrected chi connectivity index (χ2v) is 7.27. The number of nitrogens with two attached hydrogens (primary N) is 1. The van der Waals surface area contributed by atoms with Gasteiger partial charge in [-0.3, -0.25) is 4.79 Å². The van der Waals surface area contributed by atoms with Gasteiger partial charge in [0, 0.05) is 11.6 Å². The number of carbonyl (C=O) groups excluding carboxylic acids is 1. The number of nitrogens with one attached hydrogen (secondary N) is 1. The number of amides is 1. The summed E-state index contributed by atoms with van der Waals surface area (Å²) in [5, 5.41) is 0. The van der Waals surface area contributed by atoms with Crippen molar-refractivity contribution in [3.05, 3.63) is 35.4 Å². The molecule has 1 aliphatic heterocycles. The summed E-state index contributed by atoms with van der Waals surface area (Å²) < 4.78 is 27.1. The first-order chi connectivity index (χ1) is 9.85. The first-order valence-electron chi connectivity index (χ1n) is 6.93. The molecular weight excluding hydrogens is 290 g/mol. The highest BCUT2D eigenvalue weighted by Crippen LogP contribution is 2.12. The van der Waals surface area contributed by atoms with Gasteiger partial charge in [0.05, 0.1) is 5.75 Å². The molecule has 3 N–H and O–H groups in total. The van der Waals surface area contributed by atoms with Crippen LogP contribution in [0.2, 0.25) is 0 Å². The maximum atomic E-state index is 12.2. The molecule has 0 radical (unpaired) electrons. The van der Waals surface area contributed by atoms with Crippen LogP contribution in [-0.2, 0) is 15.8 Å². The molecule has 6 nitrogen and oxygen atoms in total. The number of carbonyl (C=O) groups is 1. The molecule has 1 fully saturated rings. The van der Waals surface area contributed by atoms with Crippen LogP contribution in [0.1, 0.15) is 28.8 Å². The number of primary amides is 1. The van der Waals surface area contributed by atoms with E-state index in [1.165, 1.54) is 0 Å². The van der Waals surface area contributed by atoms with E-state index in [1.54, 1.807) is 24.3 Å². The lowest BCUT2D eigenvalue weighted by Gasteiger charge is -2.29. The van der Waals surface area contributed by atoms with Crippen molar-refractivity contribution >= 4 is 15.9 Å². The van der Waals surface area contributed by atoms with Crippen LogP contribution in [0, 0.1) is 0 Å². The normalized spacial score (nSPS) is 17.8. The van der Waals surface area contributed by atoms with Crippen molar-refractivity contribution < 1.29 is 13.2 Å². The molecule has 0 aromatic heterocycles. The summed E-state index contributed by atoms with van der Waals surface area (Å²) in [6.45, 7) is 1.81. The lowest BCUT2D eigenvalue weighted by atomic mass is 10.1. The molecular formula is C14H21N3O3S. The molecule has 1 saturated heterocycles. The minimum atomic E-state index is -3.37. The van der Waals surface area contributed by atoms with E-state index < -0.39 is 15.9 Å². The largest absolute Gasteiger partial charge is 0.366 e. The third kappa shape index (κ3) is 4.80. The van der Waals surface area contributed by atoms with Gasteiger partial charge in [0.25, 0.3) is 0 Å². The van der Waals surface area contributed by atoms with Gasteiger partial charge in [0.15, 0.2) is 0 Å². The molecule has 1 aliphatic rings. The van der Waals surface area contributed by atoms with Crippen molar-refractivity contribution in [1.29, 1.82) is 0 Å². The van der Waals surface area contributed by atoms with Crippen LogP contribution >= 0.6 is 0 Å². The number of piperidine rings is 1. The minimum absolute atomic E-state index is 0.0103. The molecule has 1 amide bonds. The van der Waals surface area contributed by atoms with Gasteiger partial charge in [0.1, 0.15) is 0 Å². The molecule has 21 heavy (non-hydrogen) atoms. The van der Waals surface area contributed by atoms with E-state index in [0.717, 1.165) is 25.9 Å². The minimum Gasteiger partial charge on any atom is -0.366 e. The Morgan fingerprint density at radius 2 is 1.86 bits per heavy atom. The second kappa shape index (κ2) is 6.55. The van der Waals surface area contributed by atoms with E-state index in [-0.39, 0.29) is 11.8 Å². The first-order valence-corrected chi connectivity index (χ1v) is 8.58. The molecule has 0 aliphatic carbocycles. The van der Waals surface area contributed by atoms with Crippen molar-refractivity contribution in [2.75, 3.05) is 20.1 Å². The smallest absolute Gasteiger partial charge is 0.248 e. The summed E-state index contributed by atoms with van der Waals surface area (Å²) in [4.78, 5) is 13.2. The van der Waals surface area contributed by atoms with E-state index in [1.807, 2.05) is 7.05 Å². The summed E-state index contributed by atoms with van der Waals surface area (Å²) in [6.07, 6.45) is 1.66. The van der Waals surface area contributed by atoms with E-state index in [4.69, 9.17) is 5.73 Å². The monoisotopic (exact) mass is 311 g/mol. The zero-order valence-corrected chi connectivity index (χ0v) is 12.9. The van der Waals surface area contributed by atoms with Crippen molar-refractivity contribution in [2.45, 2.75) is 24.6 Å². The SMILES string of the molecule is CN1CCC(NS(=O)(=O)Cc2ccc(C(N)=O)cc2)CC1. The average molecular weight is 311 g/mol. The van der Waals surface area contributed by atoms with Gasteiger partial charge in [-0.25, -0.2) is 13.1 Å². The Labute approximate surface area is 125 Å². The number of nitrogens with zero attached hydrogens (tertiary/aromatic N) is 1. The number of likely N-dealkylation sites (tertiary alicyclic amines) is 1. The fourth-order valence-electron chi connectivity index (χ4n) is 2.41. The molecule has 1 heterocycles. The van der Waals surface area contributed by atoms with E-state index in [2.05, 4.69) is 9.62 Å². The van der Waals surface area contributed by atoms with E-state index in [9.17, 15) is 13.2 Å². The summed E-state index contributed by atoms with van der Waals surface area (Å²) in [7, 11) is -1.34. The third-order valence-corrected chi connectivity index (χ3v) is 5.07. The van der Waals surface area contributed by atoms with Gasteiger partial charge in [-0.15, -0.1) is 0 Å². The van der Waals surface area contributed by atoms with Crippen LogP contribution in [0.25, 0.3) is 0 Å². The van der Waals surface area contributed by atoms with Gasteiger partial charge in [-0.1, -0.05) is 12.1 Å². The molecule has 7 heteroatoms. The van der Waals surface area contributed by atoms with Crippen molar-refractivity contribution in [1.82, 2.24) is 9.62 Å². The zero-order valence-electron chi connectivity index (χ0n) is 12.1. The number of hydrogen-bond acceptors (Lipinski definition) is 4. The Morgan fingerprint density at radius 3 is 2.38 bits per heavy atom. The van der Waals surface area contributed by atoms with Crippen LogP contribution in [-0.4, -0.2) is 45.4 Å². The Morgan fingerprint density at radius 1 is 1.29 bits per heavy atom. The Bertz CT molecular complexity index is 590. The van der Waals surface area contributed by atoms with Crippen LogP contribution in [0.15, 0.2) is 24.3 Å². The number of rotatable bonds is 5. The van der Waals surface area contributed by atoms with Crippen molar-refractivity contribution in [3.8, 4) is 0 Å².